The predicted molar refractivity (Wildman–Crippen MR) is 66.7 cm³/mol. The predicted octanol–water partition coefficient (Wildman–Crippen LogP) is 3.01. The number of hydrogen-bond acceptors (Lipinski definition) is 4. The van der Waals surface area contributed by atoms with Crippen LogP contribution in [0, 0.1) is 0 Å². The molecule has 90 valence electrons. The van der Waals surface area contributed by atoms with Crippen LogP contribution in [0.5, 0.6) is 0 Å². The van der Waals surface area contributed by atoms with Crippen LogP contribution in [0.1, 0.15) is 51.0 Å². The largest absolute Gasteiger partial charge is 0.301 e. The van der Waals surface area contributed by atoms with Gasteiger partial charge in [-0.3, -0.25) is 4.79 Å². The Hall–Kier alpha value is -0.970. The van der Waals surface area contributed by atoms with E-state index in [1.807, 2.05) is 6.92 Å². The van der Waals surface area contributed by atoms with Crippen molar-refractivity contribution in [3.05, 3.63) is 5.01 Å². The molecule has 1 rings (SSSR count). The van der Waals surface area contributed by atoms with Crippen molar-refractivity contribution in [2.24, 2.45) is 0 Å². The highest BCUT2D eigenvalue weighted by atomic mass is 32.1. The molecule has 0 aliphatic rings. The van der Waals surface area contributed by atoms with Crippen molar-refractivity contribution in [1.29, 1.82) is 0 Å². The lowest BCUT2D eigenvalue weighted by atomic mass is 10.2. The van der Waals surface area contributed by atoms with Gasteiger partial charge in [0.2, 0.25) is 11.0 Å². The second kappa shape index (κ2) is 7.33. The zero-order valence-corrected chi connectivity index (χ0v) is 10.8. The van der Waals surface area contributed by atoms with E-state index in [4.69, 9.17) is 0 Å². The first kappa shape index (κ1) is 13.1. The lowest BCUT2D eigenvalue weighted by Gasteiger charge is -1.95. The molecule has 0 spiro atoms. The van der Waals surface area contributed by atoms with Gasteiger partial charge in [0.15, 0.2) is 0 Å². The SMILES string of the molecule is CCCCCCc1nnc(NC(=O)CC)s1. The molecule has 0 aliphatic carbocycles. The highest BCUT2D eigenvalue weighted by Gasteiger charge is 2.06. The number of aromatic nitrogens is 2. The van der Waals surface area contributed by atoms with E-state index in [1.54, 1.807) is 0 Å². The Morgan fingerprint density at radius 3 is 2.75 bits per heavy atom. The van der Waals surface area contributed by atoms with Crippen molar-refractivity contribution >= 4 is 22.4 Å². The zero-order valence-electron chi connectivity index (χ0n) is 9.95. The molecule has 0 atom stereocenters. The van der Waals surface area contributed by atoms with Gasteiger partial charge >= 0.3 is 0 Å². The zero-order chi connectivity index (χ0) is 11.8. The maximum atomic E-state index is 11.1. The highest BCUT2D eigenvalue weighted by Crippen LogP contribution is 2.17. The van der Waals surface area contributed by atoms with E-state index >= 15 is 0 Å². The molecule has 0 radical (unpaired) electrons. The van der Waals surface area contributed by atoms with E-state index in [1.165, 1.54) is 30.6 Å². The minimum Gasteiger partial charge on any atom is -0.301 e. The van der Waals surface area contributed by atoms with E-state index in [9.17, 15) is 4.79 Å². The standard InChI is InChI=1S/C11H19N3OS/c1-3-5-6-7-8-10-13-14-11(16-10)12-9(15)4-2/h3-8H2,1-2H3,(H,12,14,15). The molecule has 1 aromatic heterocycles. The van der Waals surface area contributed by atoms with Gasteiger partial charge in [-0.15, -0.1) is 10.2 Å². The van der Waals surface area contributed by atoms with Gasteiger partial charge in [-0.05, 0) is 6.42 Å². The Morgan fingerprint density at radius 2 is 2.06 bits per heavy atom. The third-order valence-corrected chi connectivity index (χ3v) is 3.18. The molecule has 1 N–H and O–H groups in total. The molecular weight excluding hydrogens is 222 g/mol. The maximum absolute atomic E-state index is 11.1. The van der Waals surface area contributed by atoms with Gasteiger partial charge in [0.05, 0.1) is 0 Å². The van der Waals surface area contributed by atoms with Crippen LogP contribution in [0.2, 0.25) is 0 Å². The maximum Gasteiger partial charge on any atom is 0.225 e. The van der Waals surface area contributed by atoms with Crippen LogP contribution in [0.3, 0.4) is 0 Å². The summed E-state index contributed by atoms with van der Waals surface area (Å²) in [6.07, 6.45) is 6.37. The van der Waals surface area contributed by atoms with Crippen molar-refractivity contribution in [2.45, 2.75) is 52.4 Å². The van der Waals surface area contributed by atoms with Gasteiger partial charge in [0.1, 0.15) is 5.01 Å². The van der Waals surface area contributed by atoms with E-state index in [2.05, 4.69) is 22.4 Å². The summed E-state index contributed by atoms with van der Waals surface area (Å²) >= 11 is 1.48. The third-order valence-electron chi connectivity index (χ3n) is 2.28. The number of aryl methyl sites for hydroxylation is 1. The van der Waals surface area contributed by atoms with Gasteiger partial charge in [-0.2, -0.15) is 0 Å². The molecule has 0 unspecified atom stereocenters. The van der Waals surface area contributed by atoms with Gasteiger partial charge in [-0.1, -0.05) is 44.4 Å². The minimum absolute atomic E-state index is 0.00585. The first-order chi connectivity index (χ1) is 7.76. The van der Waals surface area contributed by atoms with E-state index in [-0.39, 0.29) is 5.91 Å². The lowest BCUT2D eigenvalue weighted by molar-refractivity contribution is -0.115. The van der Waals surface area contributed by atoms with Crippen LogP contribution in [0.25, 0.3) is 0 Å². The summed E-state index contributed by atoms with van der Waals surface area (Å²) in [6.45, 7) is 4.02. The number of carbonyl (C=O) groups excluding carboxylic acids is 1. The van der Waals surface area contributed by atoms with Crippen molar-refractivity contribution in [1.82, 2.24) is 10.2 Å². The first-order valence-corrected chi connectivity index (χ1v) is 6.70. The van der Waals surface area contributed by atoms with Gasteiger partial charge < -0.3 is 5.32 Å². The minimum atomic E-state index is -0.00585. The van der Waals surface area contributed by atoms with Crippen LogP contribution >= 0.6 is 11.3 Å². The fraction of sp³-hybridized carbons (Fsp3) is 0.727. The van der Waals surface area contributed by atoms with Crippen LogP contribution < -0.4 is 5.32 Å². The molecule has 1 heterocycles. The molecule has 0 bridgehead atoms. The summed E-state index contributed by atoms with van der Waals surface area (Å²) in [5.74, 6) is -0.00585. The third kappa shape index (κ3) is 4.70. The monoisotopic (exact) mass is 241 g/mol. The van der Waals surface area contributed by atoms with Crippen LogP contribution in [-0.4, -0.2) is 16.1 Å². The number of unbranched alkanes of at least 4 members (excludes halogenated alkanes) is 3. The van der Waals surface area contributed by atoms with Crippen molar-refractivity contribution in [2.75, 3.05) is 5.32 Å². The number of nitrogens with one attached hydrogen (secondary N) is 1. The summed E-state index contributed by atoms with van der Waals surface area (Å²) < 4.78 is 0. The summed E-state index contributed by atoms with van der Waals surface area (Å²) in [6, 6.07) is 0. The number of nitrogens with zero attached hydrogens (tertiary/aromatic N) is 2. The molecule has 1 aromatic rings. The van der Waals surface area contributed by atoms with Crippen LogP contribution in [-0.2, 0) is 11.2 Å². The lowest BCUT2D eigenvalue weighted by Crippen LogP contribution is -2.08. The topological polar surface area (TPSA) is 54.9 Å². The van der Waals surface area contributed by atoms with E-state index in [0.717, 1.165) is 17.8 Å². The molecule has 0 aliphatic heterocycles. The second-order valence-corrected chi connectivity index (χ2v) is 4.78. The number of rotatable bonds is 7. The molecule has 1 amide bonds. The average molecular weight is 241 g/mol. The van der Waals surface area contributed by atoms with Crippen LogP contribution in [0.15, 0.2) is 0 Å². The average Bonchev–Trinajstić information content (AvgIpc) is 2.72. The fourth-order valence-corrected chi connectivity index (χ4v) is 2.11. The smallest absolute Gasteiger partial charge is 0.225 e. The number of carbonyl (C=O) groups is 1. The number of amides is 1. The molecular formula is C11H19N3OS. The molecule has 4 nitrogen and oxygen atoms in total. The van der Waals surface area contributed by atoms with Gasteiger partial charge in [-0.25, -0.2) is 0 Å². The Balaban J connectivity index is 2.30. The number of anilines is 1. The van der Waals surface area contributed by atoms with Crippen molar-refractivity contribution < 1.29 is 4.79 Å². The van der Waals surface area contributed by atoms with Crippen molar-refractivity contribution in [3.63, 3.8) is 0 Å². The van der Waals surface area contributed by atoms with Crippen LogP contribution in [0.4, 0.5) is 5.13 Å². The number of hydrogen-bond donors (Lipinski definition) is 1. The van der Waals surface area contributed by atoms with Gasteiger partial charge in [0, 0.05) is 12.8 Å². The molecule has 0 saturated carbocycles. The summed E-state index contributed by atoms with van der Waals surface area (Å²) in [7, 11) is 0. The molecule has 0 fully saturated rings. The highest BCUT2D eigenvalue weighted by molar-refractivity contribution is 7.15. The quantitative estimate of drug-likeness (QED) is 0.747. The molecule has 0 aromatic carbocycles. The fourth-order valence-electron chi connectivity index (χ4n) is 1.32. The molecule has 0 saturated heterocycles. The Bertz CT molecular complexity index is 325. The summed E-state index contributed by atoms with van der Waals surface area (Å²) in [5, 5.41) is 12.4. The van der Waals surface area contributed by atoms with E-state index < -0.39 is 0 Å². The first-order valence-electron chi connectivity index (χ1n) is 5.88. The molecule has 16 heavy (non-hydrogen) atoms. The molecule has 5 heteroatoms. The van der Waals surface area contributed by atoms with E-state index in [0.29, 0.717) is 11.6 Å². The Labute approximate surface area is 100 Å². The van der Waals surface area contributed by atoms with Gasteiger partial charge in [0.25, 0.3) is 0 Å². The normalized spacial score (nSPS) is 10.4. The summed E-state index contributed by atoms with van der Waals surface area (Å²) in [4.78, 5) is 11.1. The summed E-state index contributed by atoms with van der Waals surface area (Å²) in [5.41, 5.74) is 0. The Kier molecular flexibility index (Phi) is 6.00. The Morgan fingerprint density at radius 1 is 1.25 bits per heavy atom. The van der Waals surface area contributed by atoms with Crippen molar-refractivity contribution in [3.8, 4) is 0 Å². The second-order valence-electron chi connectivity index (χ2n) is 3.71.